The molecule has 4 aromatic rings. The van der Waals surface area contributed by atoms with Gasteiger partial charge < -0.3 is 10.1 Å². The van der Waals surface area contributed by atoms with Crippen LogP contribution in [0.15, 0.2) is 35.5 Å². The summed E-state index contributed by atoms with van der Waals surface area (Å²) < 4.78 is 7.18. The van der Waals surface area contributed by atoms with Crippen LogP contribution in [0.4, 0.5) is 5.82 Å². The Hall–Kier alpha value is -2.22. The van der Waals surface area contributed by atoms with Gasteiger partial charge in [-0.1, -0.05) is 42.1 Å². The molecule has 0 aliphatic carbocycles. The van der Waals surface area contributed by atoms with Crippen molar-refractivity contribution in [2.45, 2.75) is 51.0 Å². The molecule has 0 saturated carbocycles. The van der Waals surface area contributed by atoms with E-state index in [1.54, 1.807) is 23.1 Å². The molecule has 1 N–H and O–H groups in total. The summed E-state index contributed by atoms with van der Waals surface area (Å²) in [4.78, 5) is 15.7. The number of benzene rings is 1. The molecule has 0 saturated heterocycles. The molecule has 1 aliphatic rings. The van der Waals surface area contributed by atoms with Gasteiger partial charge in [-0.15, -0.1) is 11.3 Å². The van der Waals surface area contributed by atoms with Gasteiger partial charge in [-0.2, -0.15) is 0 Å². The molecule has 1 aliphatic heterocycles. The highest BCUT2D eigenvalue weighted by atomic mass is 32.2. The highest BCUT2D eigenvalue weighted by Gasteiger charge is 2.31. The zero-order valence-electron chi connectivity index (χ0n) is 18.3. The maximum atomic E-state index is 6.09. The topological polar surface area (TPSA) is 59.9 Å². The molecule has 7 heteroatoms. The third-order valence-electron chi connectivity index (χ3n) is 5.81. The average molecular weight is 451 g/mol. The number of nitrogens with zero attached hydrogens (tertiary/aromatic N) is 3. The normalized spacial score (nSPS) is 15.4. The van der Waals surface area contributed by atoms with Crippen molar-refractivity contribution < 1.29 is 4.74 Å². The predicted octanol–water partition coefficient (Wildman–Crippen LogP) is 5.78. The molecule has 0 spiro atoms. The van der Waals surface area contributed by atoms with Crippen LogP contribution in [-0.2, 0) is 24.2 Å². The molecular weight excluding hydrogens is 424 g/mol. The number of ether oxygens (including phenoxy) is 1. The molecule has 5 rings (SSSR count). The van der Waals surface area contributed by atoms with Gasteiger partial charge in [0.2, 0.25) is 0 Å². The molecule has 0 radical (unpaired) electrons. The predicted molar refractivity (Wildman–Crippen MR) is 130 cm³/mol. The van der Waals surface area contributed by atoms with Gasteiger partial charge in [-0.3, -0.25) is 0 Å². The van der Waals surface area contributed by atoms with Crippen LogP contribution >= 0.6 is 23.1 Å². The quantitative estimate of drug-likeness (QED) is 0.307. The van der Waals surface area contributed by atoms with Gasteiger partial charge in [0.15, 0.2) is 5.16 Å². The Kier molecular flexibility index (Phi) is 5.36. The zero-order valence-corrected chi connectivity index (χ0v) is 19.9. The lowest BCUT2D eigenvalue weighted by molar-refractivity contribution is -0.0400. The van der Waals surface area contributed by atoms with Crippen LogP contribution in [-0.4, -0.2) is 33.4 Å². The van der Waals surface area contributed by atoms with Crippen molar-refractivity contribution in [2.24, 2.45) is 0 Å². The van der Waals surface area contributed by atoms with E-state index < -0.39 is 0 Å². The Labute approximate surface area is 190 Å². The number of rotatable bonds is 5. The summed E-state index contributed by atoms with van der Waals surface area (Å²) in [6.07, 6.45) is 3.84. The van der Waals surface area contributed by atoms with Crippen LogP contribution in [0.3, 0.4) is 0 Å². The Bertz CT molecular complexity index is 1270. The second-order valence-corrected chi connectivity index (χ2v) is 10.3. The first-order valence-corrected chi connectivity index (χ1v) is 12.6. The van der Waals surface area contributed by atoms with E-state index in [1.165, 1.54) is 22.1 Å². The second-order valence-electron chi connectivity index (χ2n) is 8.56. The molecule has 160 valence electrons. The second kappa shape index (κ2) is 8.04. The van der Waals surface area contributed by atoms with Crippen molar-refractivity contribution in [3.8, 4) is 0 Å². The summed E-state index contributed by atoms with van der Waals surface area (Å²) in [5.74, 6) is 0.908. The average Bonchev–Trinajstić information content (AvgIpc) is 3.12. The highest BCUT2D eigenvalue weighted by molar-refractivity contribution is 7.98. The number of aryl methyl sites for hydroxylation is 1. The first-order chi connectivity index (χ1) is 14.9. The minimum atomic E-state index is -0.186. The van der Waals surface area contributed by atoms with Crippen LogP contribution < -0.4 is 5.32 Å². The summed E-state index contributed by atoms with van der Waals surface area (Å²) in [5.41, 5.74) is 5.76. The van der Waals surface area contributed by atoms with E-state index in [0.717, 1.165) is 51.1 Å². The summed E-state index contributed by atoms with van der Waals surface area (Å²) in [7, 11) is 0. The van der Waals surface area contributed by atoms with Crippen molar-refractivity contribution in [1.82, 2.24) is 15.0 Å². The standard InChI is InChI=1S/C24H26N4OS2/c1-14-17-13-29-24(2,3)12-16(17)18-19-20(31-22(18)26-14)21(28-23(27-19)30-4)25-11-10-15-8-6-5-7-9-15/h5-9H,10-13H2,1-4H3,(H,25,27,28). The molecule has 0 fully saturated rings. The number of pyridine rings is 1. The number of thiophene rings is 1. The van der Waals surface area contributed by atoms with Crippen LogP contribution in [0.2, 0.25) is 0 Å². The van der Waals surface area contributed by atoms with Crippen molar-refractivity contribution >= 4 is 49.3 Å². The molecule has 0 atom stereocenters. The molecule has 31 heavy (non-hydrogen) atoms. The summed E-state index contributed by atoms with van der Waals surface area (Å²) in [6.45, 7) is 7.83. The molecule has 0 unspecified atom stereocenters. The Morgan fingerprint density at radius 3 is 2.71 bits per heavy atom. The van der Waals surface area contributed by atoms with Crippen molar-refractivity contribution in [3.05, 3.63) is 52.7 Å². The van der Waals surface area contributed by atoms with Crippen molar-refractivity contribution in [2.75, 3.05) is 18.1 Å². The van der Waals surface area contributed by atoms with Gasteiger partial charge in [-0.25, -0.2) is 15.0 Å². The maximum absolute atomic E-state index is 6.09. The molecule has 4 heterocycles. The fourth-order valence-electron chi connectivity index (χ4n) is 4.20. The van der Waals surface area contributed by atoms with Crippen molar-refractivity contribution in [3.63, 3.8) is 0 Å². The number of aromatic nitrogens is 3. The van der Waals surface area contributed by atoms with Crippen molar-refractivity contribution in [1.29, 1.82) is 0 Å². The smallest absolute Gasteiger partial charge is 0.189 e. The lowest BCUT2D eigenvalue weighted by Gasteiger charge is -2.32. The number of nitrogens with one attached hydrogen (secondary N) is 1. The zero-order chi connectivity index (χ0) is 21.6. The maximum Gasteiger partial charge on any atom is 0.189 e. The third-order valence-corrected chi connectivity index (χ3v) is 7.44. The fourth-order valence-corrected chi connectivity index (χ4v) is 5.72. The van der Waals surface area contributed by atoms with Gasteiger partial charge in [-0.05, 0) is 44.6 Å². The van der Waals surface area contributed by atoms with E-state index in [-0.39, 0.29) is 5.60 Å². The number of anilines is 1. The van der Waals surface area contributed by atoms with E-state index in [1.807, 2.05) is 6.26 Å². The first-order valence-electron chi connectivity index (χ1n) is 10.5. The monoisotopic (exact) mass is 450 g/mol. The van der Waals surface area contributed by atoms with E-state index in [0.29, 0.717) is 6.61 Å². The van der Waals surface area contributed by atoms with Crippen LogP contribution in [0.25, 0.3) is 20.4 Å². The van der Waals surface area contributed by atoms with Crippen LogP contribution in [0.1, 0.15) is 36.2 Å². The minimum absolute atomic E-state index is 0.186. The molecular formula is C24H26N4OS2. The van der Waals surface area contributed by atoms with Gasteiger partial charge in [0.1, 0.15) is 10.6 Å². The Morgan fingerprint density at radius 1 is 1.13 bits per heavy atom. The number of hydrogen-bond acceptors (Lipinski definition) is 7. The van der Waals surface area contributed by atoms with Crippen LogP contribution in [0.5, 0.6) is 0 Å². The molecule has 0 amide bonds. The third kappa shape index (κ3) is 3.90. The van der Waals surface area contributed by atoms with Gasteiger partial charge >= 0.3 is 0 Å². The number of hydrogen-bond donors (Lipinski definition) is 1. The van der Waals surface area contributed by atoms with Gasteiger partial charge in [0.05, 0.1) is 22.4 Å². The summed E-state index contributed by atoms with van der Waals surface area (Å²) in [6, 6.07) is 10.5. The molecule has 3 aromatic heterocycles. The van der Waals surface area contributed by atoms with E-state index in [2.05, 4.69) is 56.4 Å². The fraction of sp³-hybridized carbons (Fsp3) is 0.375. The SMILES string of the molecule is CSc1nc(NCCc2ccccc2)c2sc3nc(C)c4c(c3c2n1)CC(C)(C)OC4. The highest BCUT2D eigenvalue weighted by Crippen LogP contribution is 2.42. The Balaban J connectivity index is 1.61. The molecule has 5 nitrogen and oxygen atoms in total. The van der Waals surface area contributed by atoms with E-state index in [9.17, 15) is 0 Å². The van der Waals surface area contributed by atoms with Crippen LogP contribution in [0, 0.1) is 6.92 Å². The molecule has 1 aromatic carbocycles. The summed E-state index contributed by atoms with van der Waals surface area (Å²) in [5, 5.41) is 5.54. The minimum Gasteiger partial charge on any atom is -0.370 e. The van der Waals surface area contributed by atoms with E-state index >= 15 is 0 Å². The molecule has 0 bridgehead atoms. The Morgan fingerprint density at radius 2 is 1.94 bits per heavy atom. The lowest BCUT2D eigenvalue weighted by Crippen LogP contribution is -2.32. The van der Waals surface area contributed by atoms with Gasteiger partial charge in [0.25, 0.3) is 0 Å². The van der Waals surface area contributed by atoms with Gasteiger partial charge in [0, 0.05) is 29.6 Å². The largest absolute Gasteiger partial charge is 0.370 e. The van der Waals surface area contributed by atoms with E-state index in [4.69, 9.17) is 19.7 Å². The first kappa shape index (κ1) is 20.7. The number of fused-ring (bicyclic) bond motifs is 5. The number of thioether (sulfide) groups is 1. The summed E-state index contributed by atoms with van der Waals surface area (Å²) >= 11 is 3.27. The lowest BCUT2D eigenvalue weighted by atomic mass is 9.89.